The van der Waals surface area contributed by atoms with Gasteiger partial charge in [0.05, 0.1) is 0 Å². The van der Waals surface area contributed by atoms with Gasteiger partial charge in [-0.1, -0.05) is 48.0 Å². The fourth-order valence-corrected chi connectivity index (χ4v) is 2.61. The van der Waals surface area contributed by atoms with Crippen molar-refractivity contribution in [2.24, 2.45) is 5.41 Å². The number of alkyl halides is 1. The van der Waals surface area contributed by atoms with Crippen LogP contribution in [0.25, 0.3) is 0 Å². The number of halogens is 1. The summed E-state index contributed by atoms with van der Waals surface area (Å²) < 4.78 is 0. The Balaban J connectivity index is 2.58. The Morgan fingerprint density at radius 1 is 1.29 bits per heavy atom. The van der Waals surface area contributed by atoms with Crippen molar-refractivity contribution in [1.82, 2.24) is 0 Å². The lowest BCUT2D eigenvalue weighted by Gasteiger charge is -2.21. The minimum atomic E-state index is 0.368. The molecule has 0 aromatic heterocycles. The van der Waals surface area contributed by atoms with Gasteiger partial charge in [0.15, 0.2) is 0 Å². The van der Waals surface area contributed by atoms with E-state index in [0.29, 0.717) is 5.41 Å². The van der Waals surface area contributed by atoms with Gasteiger partial charge < -0.3 is 0 Å². The molecule has 0 fully saturated rings. The summed E-state index contributed by atoms with van der Waals surface area (Å²) >= 11 is 5.50. The lowest BCUT2D eigenvalue weighted by Crippen LogP contribution is -2.16. The van der Waals surface area contributed by atoms with E-state index in [2.05, 4.69) is 61.0 Å². The smallest absolute Gasteiger partial charge is 0.0101 e. The molecule has 0 amide bonds. The molecule has 1 rings (SSSR count). The summed E-state index contributed by atoms with van der Waals surface area (Å²) in [6, 6.07) is 8.57. The monoisotopic (exact) mass is 272 g/mol. The molecule has 1 aromatic carbocycles. The summed E-state index contributed by atoms with van der Waals surface area (Å²) in [6.07, 6.45) is 0. The highest BCUT2D eigenvalue weighted by molar-refractivity contribution is 9.09. The molecular formula is C12H17BrS. The normalized spacial score (nSPS) is 11.7. The van der Waals surface area contributed by atoms with E-state index in [-0.39, 0.29) is 0 Å². The first-order chi connectivity index (χ1) is 6.55. The first kappa shape index (κ1) is 12.1. The van der Waals surface area contributed by atoms with Crippen molar-refractivity contribution >= 4 is 27.7 Å². The Kier molecular flexibility index (Phi) is 4.52. The fourth-order valence-electron chi connectivity index (χ4n) is 1.03. The van der Waals surface area contributed by atoms with Crippen LogP contribution in [0.15, 0.2) is 29.2 Å². The van der Waals surface area contributed by atoms with Crippen molar-refractivity contribution in [2.45, 2.75) is 25.7 Å². The lowest BCUT2D eigenvalue weighted by atomic mass is 10.0. The minimum Gasteiger partial charge on any atom is -0.125 e. The molecule has 0 saturated heterocycles. The molecule has 0 heterocycles. The van der Waals surface area contributed by atoms with Crippen LogP contribution in [-0.4, -0.2) is 11.1 Å². The molecule has 14 heavy (non-hydrogen) atoms. The summed E-state index contributed by atoms with van der Waals surface area (Å²) in [5.41, 5.74) is 1.75. The van der Waals surface area contributed by atoms with Gasteiger partial charge in [-0.2, -0.15) is 0 Å². The van der Waals surface area contributed by atoms with Crippen LogP contribution in [0.4, 0.5) is 0 Å². The highest BCUT2D eigenvalue weighted by Crippen LogP contribution is 2.30. The second-order valence-corrected chi connectivity index (χ2v) is 5.93. The van der Waals surface area contributed by atoms with Gasteiger partial charge in [-0.25, -0.2) is 0 Å². The summed E-state index contributed by atoms with van der Waals surface area (Å²) in [6.45, 7) is 6.74. The van der Waals surface area contributed by atoms with Gasteiger partial charge in [0, 0.05) is 16.0 Å². The van der Waals surface area contributed by atoms with Crippen LogP contribution in [0.3, 0.4) is 0 Å². The van der Waals surface area contributed by atoms with E-state index >= 15 is 0 Å². The Morgan fingerprint density at radius 2 is 1.93 bits per heavy atom. The van der Waals surface area contributed by atoms with Crippen molar-refractivity contribution in [3.8, 4) is 0 Å². The molecule has 0 aliphatic rings. The third-order valence-electron chi connectivity index (χ3n) is 2.07. The van der Waals surface area contributed by atoms with Crippen LogP contribution >= 0.6 is 27.7 Å². The summed E-state index contributed by atoms with van der Waals surface area (Å²) in [7, 11) is 0. The van der Waals surface area contributed by atoms with E-state index < -0.39 is 0 Å². The van der Waals surface area contributed by atoms with Crippen molar-refractivity contribution in [2.75, 3.05) is 11.1 Å². The number of thioether (sulfide) groups is 1. The van der Waals surface area contributed by atoms with E-state index in [1.165, 1.54) is 10.5 Å². The Morgan fingerprint density at radius 3 is 2.50 bits per heavy atom. The molecule has 0 spiro atoms. The fraction of sp³-hybridized carbons (Fsp3) is 0.500. The number of benzene rings is 1. The highest BCUT2D eigenvalue weighted by atomic mass is 79.9. The molecule has 1 aromatic rings. The van der Waals surface area contributed by atoms with Gasteiger partial charge >= 0.3 is 0 Å². The first-order valence-electron chi connectivity index (χ1n) is 4.79. The van der Waals surface area contributed by atoms with Gasteiger partial charge in [-0.15, -0.1) is 11.8 Å². The van der Waals surface area contributed by atoms with E-state index in [1.807, 2.05) is 11.8 Å². The molecule has 78 valence electrons. The molecule has 0 bridgehead atoms. The summed E-state index contributed by atoms with van der Waals surface area (Å²) in [5, 5.41) is 1.05. The second-order valence-electron chi connectivity index (χ2n) is 4.35. The Bertz CT molecular complexity index is 294. The topological polar surface area (TPSA) is 0 Å². The highest BCUT2D eigenvalue weighted by Gasteiger charge is 2.16. The zero-order valence-electron chi connectivity index (χ0n) is 9.01. The average Bonchev–Trinajstić information content (AvgIpc) is 2.17. The van der Waals surface area contributed by atoms with Gasteiger partial charge in [-0.3, -0.25) is 0 Å². The number of hydrogen-bond donors (Lipinski definition) is 0. The van der Waals surface area contributed by atoms with Crippen LogP contribution < -0.4 is 0 Å². The van der Waals surface area contributed by atoms with Crippen molar-refractivity contribution in [3.63, 3.8) is 0 Å². The maximum Gasteiger partial charge on any atom is 0.0101 e. The van der Waals surface area contributed by atoms with Gasteiger partial charge in [0.1, 0.15) is 0 Å². The molecule has 0 atom stereocenters. The van der Waals surface area contributed by atoms with Crippen molar-refractivity contribution < 1.29 is 0 Å². The molecule has 0 unspecified atom stereocenters. The quantitative estimate of drug-likeness (QED) is 0.574. The molecule has 0 radical (unpaired) electrons. The zero-order chi connectivity index (χ0) is 10.6. The van der Waals surface area contributed by atoms with Crippen LogP contribution in [0.1, 0.15) is 19.4 Å². The van der Waals surface area contributed by atoms with E-state index in [0.717, 1.165) is 11.1 Å². The van der Waals surface area contributed by atoms with Crippen LogP contribution in [-0.2, 0) is 0 Å². The SMILES string of the molecule is Cc1ccccc1SCC(C)(C)CBr. The van der Waals surface area contributed by atoms with Crippen LogP contribution in [0, 0.1) is 12.3 Å². The third-order valence-corrected chi connectivity index (χ3v) is 5.29. The predicted octanol–water partition coefficient (Wildman–Crippen LogP) is 4.51. The standard InChI is InChI=1S/C12H17BrS/c1-10-6-4-5-7-11(10)14-9-12(2,3)8-13/h4-7H,8-9H2,1-3H3. The van der Waals surface area contributed by atoms with Crippen LogP contribution in [0.2, 0.25) is 0 Å². The maximum absolute atomic E-state index is 3.55. The summed E-state index contributed by atoms with van der Waals surface area (Å²) in [5.74, 6) is 1.16. The zero-order valence-corrected chi connectivity index (χ0v) is 11.4. The molecule has 0 saturated carbocycles. The van der Waals surface area contributed by atoms with Crippen molar-refractivity contribution in [1.29, 1.82) is 0 Å². The van der Waals surface area contributed by atoms with Gasteiger partial charge in [-0.05, 0) is 24.0 Å². The minimum absolute atomic E-state index is 0.368. The van der Waals surface area contributed by atoms with E-state index in [9.17, 15) is 0 Å². The molecule has 0 N–H and O–H groups in total. The largest absolute Gasteiger partial charge is 0.125 e. The second kappa shape index (κ2) is 5.22. The molecule has 0 aliphatic carbocycles. The third kappa shape index (κ3) is 3.66. The predicted molar refractivity (Wildman–Crippen MR) is 69.5 cm³/mol. The molecule has 0 nitrogen and oxygen atoms in total. The Labute approximate surface area is 99.6 Å². The molecule has 2 heteroatoms. The van der Waals surface area contributed by atoms with Gasteiger partial charge in [0.2, 0.25) is 0 Å². The lowest BCUT2D eigenvalue weighted by molar-refractivity contribution is 0.496. The Hall–Kier alpha value is 0.0500. The number of hydrogen-bond acceptors (Lipinski definition) is 1. The van der Waals surface area contributed by atoms with Gasteiger partial charge in [0.25, 0.3) is 0 Å². The molecular weight excluding hydrogens is 256 g/mol. The summed E-state index contributed by atoms with van der Waals surface area (Å²) in [4.78, 5) is 1.40. The van der Waals surface area contributed by atoms with E-state index in [1.54, 1.807) is 0 Å². The number of aryl methyl sites for hydroxylation is 1. The van der Waals surface area contributed by atoms with Crippen LogP contribution in [0.5, 0.6) is 0 Å². The average molecular weight is 273 g/mol. The molecule has 0 aliphatic heterocycles. The van der Waals surface area contributed by atoms with Crippen molar-refractivity contribution in [3.05, 3.63) is 29.8 Å². The van der Waals surface area contributed by atoms with E-state index in [4.69, 9.17) is 0 Å². The maximum atomic E-state index is 3.55. The number of rotatable bonds is 4. The first-order valence-corrected chi connectivity index (χ1v) is 6.90.